The zero-order valence-corrected chi connectivity index (χ0v) is 69.2. The van der Waals surface area contributed by atoms with Gasteiger partial charge in [-0.25, -0.2) is 9.59 Å². The number of para-hydroxylation sites is 12. The summed E-state index contributed by atoms with van der Waals surface area (Å²) < 4.78 is 91.2. The standard InChI is InChI=1S/2C26H19O7Si.C16H13O4Si.C10H6O3.CH4.3K/c27-24-19-16-18(14-15-26(19,25(28)29-24)17-8-2-1-3-9-17)34(30-20-10-4-5-11-21(20)31-34)32-22-12-6-7-13-23(22)33-34;27-24-19-15-14-18(16-26(19,25(28)29-24)17-8-2-1-3-9-17)34(30-20-10-4-5-11-21(20)31-34)32-22-12-6-7-13-23(22)33-34;1-3-12(2)21(17-13-8-4-5-9-14(13)18-21)19-15-10-6-7-11-16(15)20-21;11-9-6-8(10(12)13-9)7-4-2-1-3-5-7;;;;/h2*1-14,19H,15-16H2;3-11H,1-2H2;1-6H;1H4;;;/q3*-1;;;3*+1. The van der Waals surface area contributed by atoms with Crippen LogP contribution in [0.5, 0.6) is 69.0 Å². The first-order chi connectivity index (χ1) is 49.5. The van der Waals surface area contributed by atoms with Crippen molar-refractivity contribution in [3.05, 3.63) is 306 Å². The van der Waals surface area contributed by atoms with E-state index in [9.17, 15) is 28.8 Å². The van der Waals surface area contributed by atoms with E-state index in [4.69, 9.17) is 62.6 Å². The third-order valence-electron chi connectivity index (χ3n) is 19.7. The molecule has 9 aromatic rings. The van der Waals surface area contributed by atoms with Gasteiger partial charge in [0.25, 0.3) is 0 Å². The van der Waals surface area contributed by atoms with E-state index in [1.165, 1.54) is 6.08 Å². The van der Waals surface area contributed by atoms with Gasteiger partial charge in [0.1, 0.15) is 0 Å². The van der Waals surface area contributed by atoms with Crippen LogP contribution in [0.2, 0.25) is 0 Å². The normalized spacial score (nSPS) is 23.9. The van der Waals surface area contributed by atoms with E-state index < -0.39 is 83.5 Å². The van der Waals surface area contributed by atoms with Crippen LogP contribution in [0, 0.1) is 11.8 Å². The molecule has 20 rings (SSSR count). The van der Waals surface area contributed by atoms with Gasteiger partial charge in [-0.05, 0) is 5.56 Å². The summed E-state index contributed by atoms with van der Waals surface area (Å²) in [7, 11) is -13.9. The predicted octanol–water partition coefficient (Wildman–Crippen LogP) is 4.83. The third-order valence-corrected chi connectivity index (χ3v) is 30.7. The molecule has 27 heteroatoms. The van der Waals surface area contributed by atoms with E-state index in [-0.39, 0.29) is 187 Å². The van der Waals surface area contributed by atoms with Gasteiger partial charge >= 0.3 is 678 Å². The van der Waals surface area contributed by atoms with Gasteiger partial charge in [0.15, 0.2) is 0 Å². The minimum atomic E-state index is -4.83. The molecular weight excluding hydrogens is 1490 g/mol. The van der Waals surface area contributed by atoms with Crippen molar-refractivity contribution in [2.45, 2.75) is 43.9 Å². The maximum Gasteiger partial charge on any atom is 1.00 e. The Hall–Kier alpha value is -7.74. The number of carbonyl (C=O) groups excluding carboxylic acids is 6. The Morgan fingerprint density at radius 2 is 0.708 bits per heavy atom. The fourth-order valence-electron chi connectivity index (χ4n) is 14.9. The summed E-state index contributed by atoms with van der Waals surface area (Å²) in [6.45, 7) is 7.76. The van der Waals surface area contributed by atoms with Crippen LogP contribution in [0.1, 0.15) is 49.8 Å². The number of allylic oxidation sites excluding steroid dienone is 6. The summed E-state index contributed by atoms with van der Waals surface area (Å²) in [5, 5.41) is 1.68. The van der Waals surface area contributed by atoms with Crippen molar-refractivity contribution in [3.63, 3.8) is 0 Å². The molecule has 4 atom stereocenters. The Morgan fingerprint density at radius 1 is 0.387 bits per heavy atom. The molecule has 2 aliphatic carbocycles. The zero-order chi connectivity index (χ0) is 69.8. The molecule has 0 aromatic heterocycles. The van der Waals surface area contributed by atoms with Crippen LogP contribution in [0.4, 0.5) is 0 Å². The number of esters is 6. The van der Waals surface area contributed by atoms with E-state index in [2.05, 4.69) is 17.9 Å². The minimum Gasteiger partial charge on any atom is 1.00 e. The second kappa shape index (κ2) is 28.7. The molecular formula is C79H61K3O21Si3. The molecule has 0 N–H and O–H groups in total. The van der Waals surface area contributed by atoms with Crippen molar-refractivity contribution in [2.24, 2.45) is 11.8 Å². The second-order valence-corrected chi connectivity index (χ2v) is 35.3. The van der Waals surface area contributed by atoms with Crippen LogP contribution in [0.25, 0.3) is 5.57 Å². The van der Waals surface area contributed by atoms with Gasteiger partial charge in [-0.2, -0.15) is 0 Å². The van der Waals surface area contributed by atoms with Crippen molar-refractivity contribution in [1.82, 2.24) is 0 Å². The van der Waals surface area contributed by atoms with Gasteiger partial charge in [-0.3, -0.25) is 0 Å². The second-order valence-electron chi connectivity index (χ2n) is 25.5. The Morgan fingerprint density at radius 3 is 1.07 bits per heavy atom. The average Bonchev–Trinajstić information content (AvgIpc) is 1.52. The van der Waals surface area contributed by atoms with Gasteiger partial charge in [-0.15, -0.1) is 0 Å². The summed E-state index contributed by atoms with van der Waals surface area (Å²) >= 11 is 0. The molecule has 9 aromatic carbocycles. The molecule has 2 saturated heterocycles. The van der Waals surface area contributed by atoms with E-state index in [0.717, 1.165) is 5.56 Å². The topological polar surface area (TPSA) is 241 Å². The van der Waals surface area contributed by atoms with Crippen LogP contribution in [-0.4, -0.2) is 60.8 Å². The Balaban J connectivity index is 0.000000130. The number of rotatable bonds is 7. The van der Waals surface area contributed by atoms with Crippen LogP contribution in [0.15, 0.2) is 290 Å². The fourth-order valence-corrected chi connectivity index (χ4v) is 26.1. The summed E-state index contributed by atoms with van der Waals surface area (Å²) in [5.74, 6) is 1.63. The molecule has 4 unspecified atom stereocenters. The molecule has 11 aliphatic rings. The smallest absolute Gasteiger partial charge is 1.00 e. The first-order valence-electron chi connectivity index (χ1n) is 32.7. The maximum absolute atomic E-state index is 13.3. The van der Waals surface area contributed by atoms with E-state index in [1.54, 1.807) is 78.9 Å². The summed E-state index contributed by atoms with van der Waals surface area (Å²) in [6.07, 6.45) is 7.29. The van der Waals surface area contributed by atoms with E-state index >= 15 is 0 Å². The Labute approximate surface area is 737 Å². The first kappa shape index (κ1) is 76.5. The van der Waals surface area contributed by atoms with E-state index in [1.807, 2.05) is 176 Å². The summed E-state index contributed by atoms with van der Waals surface area (Å²) in [6, 6.07) is 71.3. The Bertz CT molecular complexity index is 4910. The third kappa shape index (κ3) is 12.1. The quantitative estimate of drug-likeness (QED) is 0.0682. The van der Waals surface area contributed by atoms with Gasteiger partial charge in [-0.1, -0.05) is 37.8 Å². The van der Waals surface area contributed by atoms with Crippen LogP contribution in [0.3, 0.4) is 0 Å². The number of carbonyl (C=O) groups is 6. The molecule has 0 bridgehead atoms. The SMILES string of the molecule is C.C=CC(=C)[Si-]12(Oc3ccccc3O1)Oc1ccccc1O2.O=C1C=C(c2ccccc2)C(=O)O1.O=C1OC(=O)C2(c3ccccc3)CC([Si-]34(Oc5ccccc5O3)Oc3ccccc3O4)=CCC12.O=C1OC(=O)C2(c3ccccc3)CC=C([Si-]34(Oc5ccccc5O3)Oc3ccccc3O4)CC12.[K+].[K+].[K+]. The molecule has 106 heavy (non-hydrogen) atoms. The van der Waals surface area contributed by atoms with Gasteiger partial charge in [0.2, 0.25) is 0 Å². The van der Waals surface area contributed by atoms with Crippen molar-refractivity contribution >= 4 is 66.4 Å². The molecule has 3 spiro atoms. The number of fused-ring (bicyclic) bond motifs is 8. The van der Waals surface area contributed by atoms with Crippen molar-refractivity contribution in [2.75, 3.05) is 0 Å². The number of benzene rings is 9. The summed E-state index contributed by atoms with van der Waals surface area (Å²) in [5.41, 5.74) is 0.158. The zero-order valence-electron chi connectivity index (χ0n) is 56.8. The van der Waals surface area contributed by atoms with Gasteiger partial charge < -0.3 is 4.74 Å². The Kier molecular flexibility index (Phi) is 20.7. The predicted molar refractivity (Wildman–Crippen MR) is 375 cm³/mol. The van der Waals surface area contributed by atoms with E-state index in [0.29, 0.717) is 101 Å². The number of hydrogen-bond acceptors (Lipinski definition) is 21. The maximum atomic E-state index is 13.3. The molecule has 9 heterocycles. The largest absolute Gasteiger partial charge is 1.00 e. The molecule has 0 saturated carbocycles. The minimum absolute atomic E-state index is 0. The van der Waals surface area contributed by atoms with Crippen molar-refractivity contribution < 1.29 is 250 Å². The average molecular weight is 1550 g/mol. The molecule has 518 valence electrons. The van der Waals surface area contributed by atoms with Crippen LogP contribution >= 0.6 is 0 Å². The molecule has 0 radical (unpaired) electrons. The number of ether oxygens (including phenoxy) is 3. The number of cyclic esters (lactones) is 6. The first-order valence-corrected chi connectivity index (χ1v) is 39.1. The molecule has 9 aliphatic heterocycles. The van der Waals surface area contributed by atoms with Crippen molar-refractivity contribution in [1.29, 1.82) is 0 Å². The molecule has 0 amide bonds. The van der Waals surface area contributed by atoms with Crippen LogP contribution in [-0.2, 0) is 53.8 Å². The molecule has 2 fully saturated rings. The number of hydrogen-bond donors (Lipinski definition) is 0. The summed E-state index contributed by atoms with van der Waals surface area (Å²) in [4.78, 5) is 73.9. The van der Waals surface area contributed by atoms with Crippen molar-refractivity contribution in [3.8, 4) is 69.0 Å². The molecule has 21 nitrogen and oxygen atoms in total. The van der Waals surface area contributed by atoms with Gasteiger partial charge in [0, 0.05) is 6.08 Å². The fraction of sp³-hybridized carbons (Fsp3) is 0.114. The van der Waals surface area contributed by atoms with Gasteiger partial charge in [0.05, 0.1) is 5.57 Å². The monoisotopic (exact) mass is 1550 g/mol. The van der Waals surface area contributed by atoms with Crippen LogP contribution < -0.4 is 207 Å².